The van der Waals surface area contributed by atoms with Gasteiger partial charge in [0.1, 0.15) is 11.9 Å². The zero-order valence-electron chi connectivity index (χ0n) is 14.5. The third kappa shape index (κ3) is 3.47. The first-order valence-electron chi connectivity index (χ1n) is 8.61. The van der Waals surface area contributed by atoms with Crippen LogP contribution in [0.4, 0.5) is 19.1 Å². The Kier molecular flexibility index (Phi) is 4.36. The average Bonchev–Trinajstić information content (AvgIpc) is 3.06. The van der Waals surface area contributed by atoms with Crippen molar-refractivity contribution in [1.82, 2.24) is 19.9 Å². The zero-order chi connectivity index (χ0) is 19.9. The predicted octanol–water partition coefficient (Wildman–Crippen LogP) is 2.01. The van der Waals surface area contributed by atoms with E-state index < -0.39 is 23.0 Å². The number of piperidine rings is 1. The molecule has 1 aliphatic rings. The van der Waals surface area contributed by atoms with E-state index in [1.54, 1.807) is 0 Å². The number of para-hydroxylation sites is 1. The van der Waals surface area contributed by atoms with Crippen molar-refractivity contribution in [3.8, 4) is 5.75 Å². The number of anilines is 1. The summed E-state index contributed by atoms with van der Waals surface area (Å²) in [6.07, 6.45) is -3.88. The van der Waals surface area contributed by atoms with Gasteiger partial charge in [0.2, 0.25) is 5.95 Å². The Morgan fingerprint density at radius 1 is 1.07 bits per heavy atom. The lowest BCUT2D eigenvalue weighted by Gasteiger charge is -2.32. The third-order valence-electron chi connectivity index (χ3n) is 4.60. The highest BCUT2D eigenvalue weighted by molar-refractivity contribution is 5.72. The number of alkyl halides is 3. The van der Waals surface area contributed by atoms with Gasteiger partial charge in [-0.05, 0) is 12.1 Å². The van der Waals surface area contributed by atoms with Crippen LogP contribution in [0.25, 0.3) is 11.2 Å². The summed E-state index contributed by atoms with van der Waals surface area (Å²) in [7, 11) is 0. The normalized spacial score (nSPS) is 15.9. The maximum atomic E-state index is 13.1. The van der Waals surface area contributed by atoms with Gasteiger partial charge in [0.25, 0.3) is 5.56 Å². The lowest BCUT2D eigenvalue weighted by atomic mass is 10.1. The average molecular weight is 395 g/mol. The molecule has 1 fully saturated rings. The van der Waals surface area contributed by atoms with E-state index in [1.165, 1.54) is 18.2 Å². The van der Waals surface area contributed by atoms with Gasteiger partial charge in [-0.25, -0.2) is 4.79 Å². The van der Waals surface area contributed by atoms with Crippen molar-refractivity contribution < 1.29 is 17.9 Å². The summed E-state index contributed by atoms with van der Waals surface area (Å²) in [5, 5.41) is 0. The molecule has 3 N–H and O–H groups in total. The number of imidazole rings is 1. The first-order valence-corrected chi connectivity index (χ1v) is 8.61. The molecule has 0 bridgehead atoms. The second kappa shape index (κ2) is 6.73. The van der Waals surface area contributed by atoms with Crippen molar-refractivity contribution in [1.29, 1.82) is 0 Å². The Hall–Kier alpha value is -3.24. The number of hydrogen-bond acceptors (Lipinski definition) is 5. The topological polar surface area (TPSA) is 107 Å². The van der Waals surface area contributed by atoms with Crippen LogP contribution in [0.1, 0.15) is 18.4 Å². The Balaban J connectivity index is 1.47. The minimum absolute atomic E-state index is 0.154. The molecule has 0 amide bonds. The van der Waals surface area contributed by atoms with E-state index >= 15 is 0 Å². The van der Waals surface area contributed by atoms with Crippen molar-refractivity contribution in [2.75, 3.05) is 18.0 Å². The highest BCUT2D eigenvalue weighted by Crippen LogP contribution is 2.37. The van der Waals surface area contributed by atoms with E-state index in [2.05, 4.69) is 19.9 Å². The maximum absolute atomic E-state index is 13.1. The molecule has 28 heavy (non-hydrogen) atoms. The van der Waals surface area contributed by atoms with Gasteiger partial charge in [0, 0.05) is 25.9 Å². The summed E-state index contributed by atoms with van der Waals surface area (Å²) in [6, 6.07) is 5.15. The second-order valence-corrected chi connectivity index (χ2v) is 6.49. The van der Waals surface area contributed by atoms with Crippen molar-refractivity contribution in [3.05, 3.63) is 50.7 Å². The molecule has 3 heterocycles. The standard InChI is InChI=1S/C17H16F3N5O3/c18-17(19,20)10-3-1-2-4-11(10)28-9-5-7-25(8-6-9)15-21-12-13(22-15)23-16(27)24-14(12)26/h1-4,9H,5-8H2,(H3,21,22,23,24,26,27). The number of nitrogens with zero attached hydrogens (tertiary/aromatic N) is 2. The Labute approximate surface area is 155 Å². The van der Waals surface area contributed by atoms with Crippen LogP contribution in [-0.2, 0) is 6.18 Å². The van der Waals surface area contributed by atoms with Gasteiger partial charge in [-0.15, -0.1) is 0 Å². The Morgan fingerprint density at radius 3 is 2.50 bits per heavy atom. The van der Waals surface area contributed by atoms with Gasteiger partial charge < -0.3 is 14.6 Å². The van der Waals surface area contributed by atoms with Gasteiger partial charge in [-0.1, -0.05) is 12.1 Å². The smallest absolute Gasteiger partial charge is 0.419 e. The molecule has 2 aromatic heterocycles. The zero-order valence-corrected chi connectivity index (χ0v) is 14.5. The molecule has 11 heteroatoms. The quantitative estimate of drug-likeness (QED) is 0.629. The van der Waals surface area contributed by atoms with E-state index in [1.807, 2.05) is 4.90 Å². The molecule has 1 aliphatic heterocycles. The van der Waals surface area contributed by atoms with E-state index in [0.29, 0.717) is 31.9 Å². The molecular weight excluding hydrogens is 379 g/mol. The molecule has 8 nitrogen and oxygen atoms in total. The molecular formula is C17H16F3N5O3. The fourth-order valence-corrected chi connectivity index (χ4v) is 3.24. The molecule has 1 aromatic carbocycles. The number of hydrogen-bond donors (Lipinski definition) is 3. The van der Waals surface area contributed by atoms with Gasteiger partial charge in [0.15, 0.2) is 11.2 Å². The van der Waals surface area contributed by atoms with E-state index in [4.69, 9.17) is 4.74 Å². The Bertz CT molecular complexity index is 1110. The fourth-order valence-electron chi connectivity index (χ4n) is 3.24. The maximum Gasteiger partial charge on any atom is 0.419 e. The molecule has 148 valence electrons. The largest absolute Gasteiger partial charge is 0.490 e. The number of H-pyrrole nitrogens is 3. The number of fused-ring (bicyclic) bond motifs is 1. The first kappa shape index (κ1) is 18.1. The van der Waals surface area contributed by atoms with Crippen LogP contribution in [0.15, 0.2) is 33.9 Å². The van der Waals surface area contributed by atoms with Crippen LogP contribution in [0.5, 0.6) is 5.75 Å². The predicted molar refractivity (Wildman–Crippen MR) is 94.6 cm³/mol. The highest BCUT2D eigenvalue weighted by Gasteiger charge is 2.35. The molecule has 4 rings (SSSR count). The van der Waals surface area contributed by atoms with E-state index in [9.17, 15) is 22.8 Å². The minimum Gasteiger partial charge on any atom is -0.490 e. The van der Waals surface area contributed by atoms with Gasteiger partial charge in [-0.3, -0.25) is 14.8 Å². The van der Waals surface area contributed by atoms with Crippen LogP contribution in [0, 0.1) is 0 Å². The summed E-state index contributed by atoms with van der Waals surface area (Å²) in [5.41, 5.74) is -1.70. The lowest BCUT2D eigenvalue weighted by molar-refractivity contribution is -0.139. The molecule has 0 unspecified atom stereocenters. The lowest BCUT2D eigenvalue weighted by Crippen LogP contribution is -2.39. The van der Waals surface area contributed by atoms with E-state index in [0.717, 1.165) is 6.07 Å². The third-order valence-corrected chi connectivity index (χ3v) is 4.60. The van der Waals surface area contributed by atoms with Gasteiger partial charge >= 0.3 is 11.9 Å². The summed E-state index contributed by atoms with van der Waals surface area (Å²) in [4.78, 5) is 36.6. The van der Waals surface area contributed by atoms with Crippen molar-refractivity contribution >= 4 is 17.1 Å². The molecule has 3 aromatic rings. The summed E-state index contributed by atoms with van der Waals surface area (Å²) < 4.78 is 44.9. The molecule has 0 atom stereocenters. The SMILES string of the molecule is O=c1[nH]c(=O)c2[nH]c(N3CCC(Oc4ccccc4C(F)(F)F)CC3)nc2[nH]1. The number of nitrogens with one attached hydrogen (secondary N) is 3. The number of aromatic amines is 3. The van der Waals surface area contributed by atoms with Crippen LogP contribution in [-0.4, -0.2) is 39.1 Å². The summed E-state index contributed by atoms with van der Waals surface area (Å²) in [5.74, 6) is 0.234. The monoisotopic (exact) mass is 395 g/mol. The highest BCUT2D eigenvalue weighted by atomic mass is 19.4. The van der Waals surface area contributed by atoms with Crippen molar-refractivity contribution in [2.45, 2.75) is 25.1 Å². The van der Waals surface area contributed by atoms with Crippen LogP contribution in [0.2, 0.25) is 0 Å². The minimum atomic E-state index is -4.48. The second-order valence-electron chi connectivity index (χ2n) is 6.49. The molecule has 0 radical (unpaired) electrons. The number of ether oxygens (including phenoxy) is 1. The molecule has 0 saturated carbocycles. The van der Waals surface area contributed by atoms with Crippen LogP contribution >= 0.6 is 0 Å². The van der Waals surface area contributed by atoms with Crippen molar-refractivity contribution in [2.24, 2.45) is 0 Å². The Morgan fingerprint density at radius 2 is 1.79 bits per heavy atom. The van der Waals surface area contributed by atoms with E-state index in [-0.39, 0.29) is 23.0 Å². The van der Waals surface area contributed by atoms with Gasteiger partial charge in [-0.2, -0.15) is 18.2 Å². The molecule has 1 saturated heterocycles. The summed E-state index contributed by atoms with van der Waals surface area (Å²) >= 11 is 0. The van der Waals surface area contributed by atoms with Crippen molar-refractivity contribution in [3.63, 3.8) is 0 Å². The summed E-state index contributed by atoms with van der Waals surface area (Å²) in [6.45, 7) is 0.946. The van der Waals surface area contributed by atoms with Crippen LogP contribution in [0.3, 0.4) is 0 Å². The van der Waals surface area contributed by atoms with Crippen LogP contribution < -0.4 is 20.9 Å². The number of aromatic nitrogens is 4. The number of rotatable bonds is 3. The molecule has 0 spiro atoms. The number of halogens is 3. The van der Waals surface area contributed by atoms with Gasteiger partial charge in [0.05, 0.1) is 5.56 Å². The fraction of sp³-hybridized carbons (Fsp3) is 0.353. The first-order chi connectivity index (χ1) is 13.3. The number of benzene rings is 1. The molecule has 0 aliphatic carbocycles.